The fraction of sp³-hybridized carbons (Fsp3) is 0.462. The first-order valence-corrected chi connectivity index (χ1v) is 6.75. The highest BCUT2D eigenvalue weighted by molar-refractivity contribution is 6.42. The van der Waals surface area contributed by atoms with Crippen molar-refractivity contribution in [2.75, 3.05) is 6.54 Å². The van der Waals surface area contributed by atoms with Gasteiger partial charge in [-0.15, -0.1) is 0 Å². The highest BCUT2D eigenvalue weighted by Gasteiger charge is 2.10. The molecule has 1 aromatic carbocycles. The van der Waals surface area contributed by atoms with Crippen LogP contribution < -0.4 is 11.1 Å². The molecular weight excluding hydrogens is 271 g/mol. The molecule has 3 N–H and O–H groups in total. The quantitative estimate of drug-likeness (QED) is 0.846. The number of nitrogens with two attached hydrogens (primary N) is 1. The first-order chi connectivity index (χ1) is 8.56. The van der Waals surface area contributed by atoms with Gasteiger partial charge in [-0.25, -0.2) is 0 Å². The largest absolute Gasteiger partial charge is 0.352 e. The third-order valence-electron chi connectivity index (χ3n) is 2.64. The molecule has 5 heteroatoms. The Morgan fingerprint density at radius 2 is 2.11 bits per heavy atom. The van der Waals surface area contributed by atoms with Crippen LogP contribution in [0.15, 0.2) is 18.2 Å². The zero-order valence-corrected chi connectivity index (χ0v) is 11.9. The van der Waals surface area contributed by atoms with Gasteiger partial charge in [0.1, 0.15) is 0 Å². The predicted octanol–water partition coefficient (Wildman–Crippen LogP) is 2.78. The average molecular weight is 289 g/mol. The van der Waals surface area contributed by atoms with Gasteiger partial charge in [0.2, 0.25) is 5.91 Å². The van der Waals surface area contributed by atoms with E-state index in [9.17, 15) is 4.79 Å². The van der Waals surface area contributed by atoms with Gasteiger partial charge in [0, 0.05) is 12.6 Å². The SMILES string of the molecule is CCCC(CN)NC(=O)Cc1ccc(Cl)c(Cl)c1. The summed E-state index contributed by atoms with van der Waals surface area (Å²) >= 11 is 11.7. The van der Waals surface area contributed by atoms with Gasteiger partial charge in [0.15, 0.2) is 0 Å². The van der Waals surface area contributed by atoms with Gasteiger partial charge in [0.25, 0.3) is 0 Å². The van der Waals surface area contributed by atoms with E-state index in [0.717, 1.165) is 18.4 Å². The smallest absolute Gasteiger partial charge is 0.224 e. The number of amides is 1. The normalized spacial score (nSPS) is 12.2. The maximum Gasteiger partial charge on any atom is 0.224 e. The predicted molar refractivity (Wildman–Crippen MR) is 76.1 cm³/mol. The van der Waals surface area contributed by atoms with Crippen LogP contribution in [0.25, 0.3) is 0 Å². The number of hydrogen-bond acceptors (Lipinski definition) is 2. The number of benzene rings is 1. The summed E-state index contributed by atoms with van der Waals surface area (Å²) in [5.41, 5.74) is 6.43. The second-order valence-electron chi connectivity index (χ2n) is 4.21. The Morgan fingerprint density at radius 1 is 1.39 bits per heavy atom. The van der Waals surface area contributed by atoms with Crippen LogP contribution in [-0.2, 0) is 11.2 Å². The van der Waals surface area contributed by atoms with Crippen LogP contribution in [-0.4, -0.2) is 18.5 Å². The van der Waals surface area contributed by atoms with E-state index in [4.69, 9.17) is 28.9 Å². The summed E-state index contributed by atoms with van der Waals surface area (Å²) in [6, 6.07) is 5.25. The van der Waals surface area contributed by atoms with Crippen molar-refractivity contribution in [1.29, 1.82) is 0 Å². The van der Waals surface area contributed by atoms with E-state index in [1.165, 1.54) is 0 Å². The molecule has 0 aliphatic carbocycles. The third-order valence-corrected chi connectivity index (χ3v) is 3.37. The molecule has 100 valence electrons. The van der Waals surface area contributed by atoms with Crippen LogP contribution in [0.5, 0.6) is 0 Å². The summed E-state index contributed by atoms with van der Waals surface area (Å²) in [5, 5.41) is 3.87. The van der Waals surface area contributed by atoms with E-state index in [-0.39, 0.29) is 18.4 Å². The van der Waals surface area contributed by atoms with Gasteiger partial charge >= 0.3 is 0 Å². The fourth-order valence-electron chi connectivity index (χ4n) is 1.71. The second-order valence-corrected chi connectivity index (χ2v) is 5.03. The maximum atomic E-state index is 11.8. The third kappa shape index (κ3) is 4.84. The maximum absolute atomic E-state index is 11.8. The zero-order chi connectivity index (χ0) is 13.5. The molecule has 0 heterocycles. The molecule has 1 rings (SSSR count). The number of rotatable bonds is 6. The van der Waals surface area contributed by atoms with E-state index in [1.54, 1.807) is 18.2 Å². The van der Waals surface area contributed by atoms with Crippen LogP contribution in [0.1, 0.15) is 25.3 Å². The molecule has 0 bridgehead atoms. The van der Waals surface area contributed by atoms with Crippen molar-refractivity contribution in [2.24, 2.45) is 5.73 Å². The van der Waals surface area contributed by atoms with E-state index >= 15 is 0 Å². The molecule has 0 aromatic heterocycles. The molecule has 3 nitrogen and oxygen atoms in total. The number of carbonyl (C=O) groups excluding carboxylic acids is 1. The van der Waals surface area contributed by atoms with Crippen molar-refractivity contribution in [1.82, 2.24) is 5.32 Å². The van der Waals surface area contributed by atoms with Gasteiger partial charge in [-0.3, -0.25) is 4.79 Å². The molecule has 0 spiro atoms. The van der Waals surface area contributed by atoms with Gasteiger partial charge in [-0.2, -0.15) is 0 Å². The molecule has 0 saturated carbocycles. The summed E-state index contributed by atoms with van der Waals surface area (Å²) in [4.78, 5) is 11.8. The lowest BCUT2D eigenvalue weighted by atomic mass is 10.1. The highest BCUT2D eigenvalue weighted by Crippen LogP contribution is 2.22. The Labute approximate surface area is 118 Å². The minimum absolute atomic E-state index is 0.0442. The average Bonchev–Trinajstić information content (AvgIpc) is 2.33. The van der Waals surface area contributed by atoms with Crippen molar-refractivity contribution in [3.05, 3.63) is 33.8 Å². The number of nitrogens with one attached hydrogen (secondary N) is 1. The van der Waals surface area contributed by atoms with E-state index in [0.29, 0.717) is 16.6 Å². The van der Waals surface area contributed by atoms with Crippen LogP contribution >= 0.6 is 23.2 Å². The Hall–Kier alpha value is -0.770. The summed E-state index contributed by atoms with van der Waals surface area (Å²) in [7, 11) is 0. The molecular formula is C13H18Cl2N2O. The lowest BCUT2D eigenvalue weighted by molar-refractivity contribution is -0.121. The lowest BCUT2D eigenvalue weighted by Crippen LogP contribution is -2.40. The number of halogens is 2. The van der Waals surface area contributed by atoms with Gasteiger partial charge in [-0.05, 0) is 24.1 Å². The van der Waals surface area contributed by atoms with Crippen LogP contribution in [0.4, 0.5) is 0 Å². The van der Waals surface area contributed by atoms with E-state index in [2.05, 4.69) is 12.2 Å². The molecule has 1 aromatic rings. The van der Waals surface area contributed by atoms with E-state index in [1.807, 2.05) is 0 Å². The standard InChI is InChI=1S/C13H18Cl2N2O/c1-2-3-10(8-16)17-13(18)7-9-4-5-11(14)12(15)6-9/h4-6,10H,2-3,7-8,16H2,1H3,(H,17,18). The zero-order valence-electron chi connectivity index (χ0n) is 10.4. The van der Waals surface area contributed by atoms with Crippen molar-refractivity contribution in [3.63, 3.8) is 0 Å². The number of carbonyl (C=O) groups is 1. The first-order valence-electron chi connectivity index (χ1n) is 6.00. The van der Waals surface area contributed by atoms with Crippen LogP contribution in [0.2, 0.25) is 10.0 Å². The van der Waals surface area contributed by atoms with Crippen LogP contribution in [0, 0.1) is 0 Å². The lowest BCUT2D eigenvalue weighted by Gasteiger charge is -2.15. The van der Waals surface area contributed by atoms with E-state index < -0.39 is 0 Å². The molecule has 0 aliphatic rings. The van der Waals surface area contributed by atoms with Crippen molar-refractivity contribution >= 4 is 29.1 Å². The molecule has 1 unspecified atom stereocenters. The summed E-state index contributed by atoms with van der Waals surface area (Å²) in [6.45, 7) is 2.52. The molecule has 1 atom stereocenters. The molecule has 0 aliphatic heterocycles. The highest BCUT2D eigenvalue weighted by atomic mass is 35.5. The Balaban J connectivity index is 2.55. The van der Waals surface area contributed by atoms with Crippen molar-refractivity contribution in [3.8, 4) is 0 Å². The molecule has 0 radical (unpaired) electrons. The Kier molecular flexibility index (Phi) is 6.47. The molecule has 0 fully saturated rings. The number of hydrogen-bond donors (Lipinski definition) is 2. The molecule has 1 amide bonds. The van der Waals surface area contributed by atoms with Crippen molar-refractivity contribution in [2.45, 2.75) is 32.2 Å². The van der Waals surface area contributed by atoms with Crippen LogP contribution in [0.3, 0.4) is 0 Å². The minimum Gasteiger partial charge on any atom is -0.352 e. The van der Waals surface area contributed by atoms with Gasteiger partial charge in [0.05, 0.1) is 16.5 Å². The van der Waals surface area contributed by atoms with Gasteiger partial charge in [-0.1, -0.05) is 42.6 Å². The molecule has 0 saturated heterocycles. The monoisotopic (exact) mass is 288 g/mol. The van der Waals surface area contributed by atoms with Crippen molar-refractivity contribution < 1.29 is 4.79 Å². The summed E-state index contributed by atoms with van der Waals surface area (Å²) < 4.78 is 0. The summed E-state index contributed by atoms with van der Waals surface area (Å²) in [5.74, 6) is -0.0442. The second kappa shape index (κ2) is 7.62. The fourth-order valence-corrected chi connectivity index (χ4v) is 2.03. The summed E-state index contributed by atoms with van der Waals surface area (Å²) in [6.07, 6.45) is 2.18. The minimum atomic E-state index is -0.0442. The molecule has 18 heavy (non-hydrogen) atoms. The van der Waals surface area contributed by atoms with Gasteiger partial charge < -0.3 is 11.1 Å². The Morgan fingerprint density at radius 3 is 2.67 bits per heavy atom. The Bertz CT molecular complexity index is 410. The first kappa shape index (κ1) is 15.3. The topological polar surface area (TPSA) is 55.1 Å².